The summed E-state index contributed by atoms with van der Waals surface area (Å²) in [5.41, 5.74) is 0. The summed E-state index contributed by atoms with van der Waals surface area (Å²) in [7, 11) is -3.44. The highest BCUT2D eigenvalue weighted by Crippen LogP contribution is 2.33. The molecule has 1 atom stereocenters. The van der Waals surface area contributed by atoms with E-state index in [2.05, 4.69) is 4.72 Å². The zero-order valence-corrected chi connectivity index (χ0v) is 9.87. The van der Waals surface area contributed by atoms with Crippen LogP contribution < -0.4 is 4.72 Å². The summed E-state index contributed by atoms with van der Waals surface area (Å²) in [6.07, 6.45) is 2.19. The maximum Gasteiger partial charge on any atom is 0.240 e. The van der Waals surface area contributed by atoms with E-state index in [4.69, 9.17) is 5.11 Å². The first-order valence-electron chi connectivity index (χ1n) is 5.30. The quantitative estimate of drug-likeness (QED) is 0.839. The Morgan fingerprint density at radius 1 is 1.31 bits per heavy atom. The average molecular weight is 241 g/mol. The highest BCUT2D eigenvalue weighted by molar-refractivity contribution is 7.89. The molecule has 88 valence electrons. The van der Waals surface area contributed by atoms with Crippen LogP contribution in [0, 0.1) is 5.92 Å². The smallest absolute Gasteiger partial charge is 0.240 e. The molecule has 2 N–H and O–H groups in total. The lowest BCUT2D eigenvalue weighted by Gasteiger charge is -2.13. The first-order chi connectivity index (χ1) is 7.49. The van der Waals surface area contributed by atoms with E-state index in [9.17, 15) is 8.42 Å². The van der Waals surface area contributed by atoms with E-state index in [0.717, 1.165) is 12.8 Å². The van der Waals surface area contributed by atoms with E-state index < -0.39 is 10.0 Å². The number of benzene rings is 1. The minimum absolute atomic E-state index is 0.0150. The summed E-state index contributed by atoms with van der Waals surface area (Å²) < 4.78 is 26.4. The van der Waals surface area contributed by atoms with Gasteiger partial charge >= 0.3 is 0 Å². The molecule has 1 aromatic rings. The number of hydrogen-bond donors (Lipinski definition) is 2. The minimum atomic E-state index is -3.44. The van der Waals surface area contributed by atoms with Crippen LogP contribution in [-0.2, 0) is 10.0 Å². The number of aromatic hydroxyl groups is 1. The second kappa shape index (κ2) is 4.07. The number of sulfonamides is 1. The van der Waals surface area contributed by atoms with E-state index in [0.29, 0.717) is 5.92 Å². The fraction of sp³-hybridized carbons (Fsp3) is 0.455. The molecular formula is C11H15NO3S. The molecule has 0 amide bonds. The molecule has 2 rings (SSSR count). The van der Waals surface area contributed by atoms with E-state index in [1.165, 1.54) is 24.3 Å². The van der Waals surface area contributed by atoms with Crippen LogP contribution in [0.3, 0.4) is 0 Å². The summed E-state index contributed by atoms with van der Waals surface area (Å²) in [6, 6.07) is 5.53. The number of rotatable bonds is 4. The van der Waals surface area contributed by atoms with Gasteiger partial charge in [0.1, 0.15) is 5.75 Å². The molecule has 4 nitrogen and oxygen atoms in total. The van der Waals surface area contributed by atoms with E-state index >= 15 is 0 Å². The molecule has 1 unspecified atom stereocenters. The van der Waals surface area contributed by atoms with Crippen molar-refractivity contribution in [2.45, 2.75) is 30.7 Å². The zero-order valence-electron chi connectivity index (χ0n) is 9.05. The molecule has 1 saturated carbocycles. The molecule has 1 aliphatic carbocycles. The van der Waals surface area contributed by atoms with Crippen LogP contribution in [0.2, 0.25) is 0 Å². The predicted molar refractivity (Wildman–Crippen MR) is 60.6 cm³/mol. The van der Waals surface area contributed by atoms with Gasteiger partial charge in [0.15, 0.2) is 0 Å². The summed E-state index contributed by atoms with van der Waals surface area (Å²) in [5.74, 6) is 0.543. The van der Waals surface area contributed by atoms with Crippen LogP contribution >= 0.6 is 0 Å². The predicted octanol–water partition coefficient (Wildman–Crippen LogP) is 1.47. The average Bonchev–Trinajstić information content (AvgIpc) is 3.00. The van der Waals surface area contributed by atoms with Crippen molar-refractivity contribution in [3.63, 3.8) is 0 Å². The maximum atomic E-state index is 11.9. The van der Waals surface area contributed by atoms with E-state index in [1.54, 1.807) is 0 Å². The second-order valence-corrected chi connectivity index (χ2v) is 5.96. The molecule has 16 heavy (non-hydrogen) atoms. The Morgan fingerprint density at radius 3 is 2.38 bits per heavy atom. The summed E-state index contributed by atoms with van der Waals surface area (Å²) in [5, 5.41) is 9.09. The SMILES string of the molecule is CC(NS(=O)(=O)c1ccc(O)cc1)C1CC1. The molecule has 1 aliphatic rings. The van der Waals surface area contributed by atoms with Gasteiger partial charge in [-0.1, -0.05) is 0 Å². The molecule has 0 spiro atoms. The number of phenols is 1. The van der Waals surface area contributed by atoms with Crippen molar-refractivity contribution in [2.75, 3.05) is 0 Å². The monoisotopic (exact) mass is 241 g/mol. The van der Waals surface area contributed by atoms with Crippen LogP contribution in [0.25, 0.3) is 0 Å². The van der Waals surface area contributed by atoms with Crippen LogP contribution in [0.4, 0.5) is 0 Å². The molecule has 0 heterocycles. The van der Waals surface area contributed by atoms with Gasteiger partial charge in [-0.25, -0.2) is 13.1 Å². The van der Waals surface area contributed by atoms with Gasteiger partial charge < -0.3 is 5.11 Å². The first-order valence-corrected chi connectivity index (χ1v) is 6.79. The van der Waals surface area contributed by atoms with Crippen molar-refractivity contribution in [3.05, 3.63) is 24.3 Å². The number of hydrogen-bond acceptors (Lipinski definition) is 3. The van der Waals surface area contributed by atoms with Crippen LogP contribution in [-0.4, -0.2) is 19.6 Å². The minimum Gasteiger partial charge on any atom is -0.508 e. The van der Waals surface area contributed by atoms with Crippen molar-refractivity contribution in [3.8, 4) is 5.75 Å². The molecule has 1 aromatic carbocycles. The largest absolute Gasteiger partial charge is 0.508 e. The maximum absolute atomic E-state index is 11.9. The van der Waals surface area contributed by atoms with Crippen LogP contribution in [0.1, 0.15) is 19.8 Å². The Labute approximate surface area is 95.4 Å². The molecule has 0 aromatic heterocycles. The highest BCUT2D eigenvalue weighted by Gasteiger charge is 2.31. The van der Waals surface area contributed by atoms with Gasteiger partial charge in [-0.05, 0) is 49.9 Å². The summed E-state index contributed by atoms with van der Waals surface area (Å²) >= 11 is 0. The number of nitrogens with one attached hydrogen (secondary N) is 1. The van der Waals surface area contributed by atoms with E-state index in [1.807, 2.05) is 6.92 Å². The lowest BCUT2D eigenvalue weighted by atomic mass is 10.2. The molecule has 0 radical (unpaired) electrons. The highest BCUT2D eigenvalue weighted by atomic mass is 32.2. The normalized spacial score (nSPS) is 18.3. The molecule has 5 heteroatoms. The topological polar surface area (TPSA) is 66.4 Å². The van der Waals surface area contributed by atoms with Crippen LogP contribution in [0.5, 0.6) is 5.75 Å². The Kier molecular flexibility index (Phi) is 2.90. The van der Waals surface area contributed by atoms with Gasteiger partial charge in [-0.15, -0.1) is 0 Å². The molecule has 0 bridgehead atoms. The lowest BCUT2D eigenvalue weighted by Crippen LogP contribution is -2.33. The van der Waals surface area contributed by atoms with Gasteiger partial charge in [0.05, 0.1) is 4.90 Å². The fourth-order valence-corrected chi connectivity index (χ4v) is 2.94. The third-order valence-electron chi connectivity index (χ3n) is 2.82. The van der Waals surface area contributed by atoms with Gasteiger partial charge in [-0.3, -0.25) is 0 Å². The molecule has 0 aliphatic heterocycles. The van der Waals surface area contributed by atoms with Crippen molar-refractivity contribution in [1.82, 2.24) is 4.72 Å². The summed E-state index contributed by atoms with van der Waals surface area (Å²) in [4.78, 5) is 0.192. The lowest BCUT2D eigenvalue weighted by molar-refractivity contribution is 0.474. The first kappa shape index (κ1) is 11.4. The third kappa shape index (κ3) is 2.54. The number of phenolic OH excluding ortho intramolecular Hbond substituents is 1. The molecular weight excluding hydrogens is 226 g/mol. The van der Waals surface area contributed by atoms with Crippen molar-refractivity contribution < 1.29 is 13.5 Å². The Morgan fingerprint density at radius 2 is 1.88 bits per heavy atom. The third-order valence-corrected chi connectivity index (χ3v) is 4.39. The standard InChI is InChI=1S/C11H15NO3S/c1-8(9-2-3-9)12-16(14,15)11-6-4-10(13)5-7-11/h4-9,12-13H,2-3H2,1H3. The second-order valence-electron chi connectivity index (χ2n) is 4.24. The Bertz CT molecular complexity index is 463. The van der Waals surface area contributed by atoms with E-state index in [-0.39, 0.29) is 16.7 Å². The Balaban J connectivity index is 2.14. The van der Waals surface area contributed by atoms with Gasteiger partial charge in [0.2, 0.25) is 10.0 Å². The van der Waals surface area contributed by atoms with Crippen molar-refractivity contribution in [2.24, 2.45) is 5.92 Å². The molecule has 0 saturated heterocycles. The summed E-state index contributed by atoms with van der Waals surface area (Å²) in [6.45, 7) is 1.88. The van der Waals surface area contributed by atoms with Gasteiger partial charge in [0.25, 0.3) is 0 Å². The fourth-order valence-electron chi connectivity index (χ4n) is 1.63. The van der Waals surface area contributed by atoms with Crippen molar-refractivity contribution in [1.29, 1.82) is 0 Å². The van der Waals surface area contributed by atoms with Crippen LogP contribution in [0.15, 0.2) is 29.2 Å². The zero-order chi connectivity index (χ0) is 11.8. The molecule has 1 fully saturated rings. The van der Waals surface area contributed by atoms with Gasteiger partial charge in [0, 0.05) is 6.04 Å². The van der Waals surface area contributed by atoms with Crippen molar-refractivity contribution >= 4 is 10.0 Å². The van der Waals surface area contributed by atoms with Gasteiger partial charge in [-0.2, -0.15) is 0 Å². The Hall–Kier alpha value is -1.07.